The van der Waals surface area contributed by atoms with Crippen molar-refractivity contribution in [3.63, 3.8) is 0 Å². The van der Waals surface area contributed by atoms with E-state index in [0.717, 1.165) is 14.8 Å². The molecule has 5 heterocycles. The summed E-state index contributed by atoms with van der Waals surface area (Å²) in [5.74, 6) is -2.89. The second kappa shape index (κ2) is 19.7. The molecule has 5 unspecified atom stereocenters. The fourth-order valence-electron chi connectivity index (χ4n) is 6.28. The van der Waals surface area contributed by atoms with Crippen LogP contribution in [0.5, 0.6) is 0 Å². The maximum atomic E-state index is 12.4. The molecule has 0 spiro atoms. The lowest BCUT2D eigenvalue weighted by Crippen LogP contribution is -2.41. The van der Waals surface area contributed by atoms with Gasteiger partial charge in [-0.2, -0.15) is 9.97 Å². The third-order valence-electron chi connectivity index (χ3n) is 9.45. The predicted octanol–water partition coefficient (Wildman–Crippen LogP) is 0.677. The number of halogens is 1. The van der Waals surface area contributed by atoms with Gasteiger partial charge in [0.05, 0.1) is 24.8 Å². The van der Waals surface area contributed by atoms with Gasteiger partial charge in [0.2, 0.25) is 5.95 Å². The van der Waals surface area contributed by atoms with Crippen molar-refractivity contribution in [1.82, 2.24) is 50.1 Å². The molecule has 23 nitrogen and oxygen atoms in total. The lowest BCUT2D eigenvalue weighted by atomic mass is 10.1. The number of nitrogens with two attached hydrogens (primary N) is 2. The lowest BCUT2D eigenvalue weighted by molar-refractivity contribution is -0.140. The van der Waals surface area contributed by atoms with Crippen LogP contribution in [0.3, 0.4) is 0 Å². The molecule has 1 fully saturated rings. The number of likely N-dealkylation sites (N-methyl/N-ethyl adjacent to an activating group) is 1. The quantitative estimate of drug-likeness (QED) is 0.0678. The van der Waals surface area contributed by atoms with Crippen LogP contribution in [-0.4, -0.2) is 122 Å². The molecule has 1 aliphatic heterocycles. The maximum Gasteiger partial charge on any atom is 0.326 e. The Balaban J connectivity index is 0.000000208. The monoisotopic (exact) mass is 964 g/mol. The third kappa shape index (κ3) is 10.5. The first-order valence-corrected chi connectivity index (χ1v) is 19.7. The van der Waals surface area contributed by atoms with E-state index in [9.17, 15) is 34.5 Å². The number of nitrogens with one attached hydrogen (secondary N) is 3. The van der Waals surface area contributed by atoms with Gasteiger partial charge in [0.25, 0.3) is 11.8 Å². The topological polar surface area (TPSA) is 345 Å². The van der Waals surface area contributed by atoms with Crippen LogP contribution in [0.1, 0.15) is 40.7 Å². The van der Waals surface area contributed by atoms with E-state index in [0.29, 0.717) is 46.9 Å². The van der Waals surface area contributed by atoms with E-state index in [1.807, 2.05) is 30.1 Å². The van der Waals surface area contributed by atoms with Gasteiger partial charge in [0.1, 0.15) is 24.6 Å². The van der Waals surface area contributed by atoms with Crippen molar-refractivity contribution in [2.75, 3.05) is 35.8 Å². The first kappa shape index (κ1) is 44.6. The number of aromatic nitrogens is 8. The second-order valence-corrected chi connectivity index (χ2v) is 15.0. The highest BCUT2D eigenvalue weighted by Gasteiger charge is 2.47. The summed E-state index contributed by atoms with van der Waals surface area (Å²) in [7, 11) is 3.25. The number of aliphatic hydroxyl groups is 2. The Morgan fingerprint density at radius 2 is 1.73 bits per heavy atom. The van der Waals surface area contributed by atoms with Crippen LogP contribution in [0.2, 0.25) is 0 Å². The number of carbonyl (C=O) groups excluding carboxylic acids is 2. The summed E-state index contributed by atoms with van der Waals surface area (Å²) >= 11 is 2.26. The van der Waals surface area contributed by atoms with Crippen molar-refractivity contribution in [3.05, 3.63) is 87.8 Å². The smallest absolute Gasteiger partial charge is 0.326 e. The zero-order chi connectivity index (χ0) is 44.7. The normalized spacial score (nSPS) is 17.4. The Labute approximate surface area is 365 Å². The van der Waals surface area contributed by atoms with Gasteiger partial charge in [0, 0.05) is 41.9 Å². The first-order chi connectivity index (χ1) is 29.6. The number of nitrogens with zero attached hydrogens (tertiary/aromatic N) is 9. The molecule has 4 aromatic heterocycles. The van der Waals surface area contributed by atoms with Crippen molar-refractivity contribution < 1.29 is 44.3 Å². The van der Waals surface area contributed by atoms with Gasteiger partial charge < -0.3 is 57.5 Å². The van der Waals surface area contributed by atoms with Gasteiger partial charge in [-0.3, -0.25) is 19.0 Å². The summed E-state index contributed by atoms with van der Waals surface area (Å²) in [5, 5.41) is 46.5. The van der Waals surface area contributed by atoms with Crippen molar-refractivity contribution in [2.45, 2.75) is 56.5 Å². The number of benzene rings is 2. The number of carbonyl (C=O) groups is 4. The molecule has 7 rings (SSSR count). The number of anilines is 4. The van der Waals surface area contributed by atoms with Gasteiger partial charge in [-0.25, -0.2) is 29.7 Å². The number of aliphatic hydroxyl groups excluding tert-OH is 2. The average Bonchev–Trinajstić information content (AvgIpc) is 3.81. The molecule has 1 aliphatic rings. The predicted molar refractivity (Wildman–Crippen MR) is 230 cm³/mol. The zero-order valence-electron chi connectivity index (χ0n) is 33.0. The highest BCUT2D eigenvalue weighted by atomic mass is 127. The van der Waals surface area contributed by atoms with Crippen molar-refractivity contribution in [3.8, 4) is 0 Å². The van der Waals surface area contributed by atoms with Crippen LogP contribution < -0.4 is 32.3 Å². The fourth-order valence-corrected chi connectivity index (χ4v) is 6.88. The Hall–Kier alpha value is -6.90. The Bertz CT molecular complexity index is 2600. The van der Waals surface area contributed by atoms with E-state index >= 15 is 0 Å². The fraction of sp³-hybridized carbons (Fsp3) is 0.289. The maximum absolute atomic E-state index is 12.4. The third-order valence-corrected chi connectivity index (χ3v) is 10.1. The number of carboxylic acid groups (broad SMARTS) is 2. The number of carboxylic acids is 2. The van der Waals surface area contributed by atoms with Crippen molar-refractivity contribution in [1.29, 1.82) is 0 Å². The summed E-state index contributed by atoms with van der Waals surface area (Å²) in [6, 6.07) is 13.2. The first-order valence-electron chi connectivity index (χ1n) is 18.6. The van der Waals surface area contributed by atoms with Gasteiger partial charge in [-0.1, -0.05) is 12.1 Å². The zero-order valence-corrected chi connectivity index (χ0v) is 35.1. The molecule has 11 N–H and O–H groups in total. The number of ether oxygens (including phenoxy) is 1. The summed E-state index contributed by atoms with van der Waals surface area (Å²) < 4.78 is 8.23. The minimum absolute atomic E-state index is 0.0138. The summed E-state index contributed by atoms with van der Waals surface area (Å²) in [4.78, 5) is 77.4. The Morgan fingerprint density at radius 1 is 0.968 bits per heavy atom. The summed E-state index contributed by atoms with van der Waals surface area (Å²) in [5.41, 5.74) is 15.7. The number of nitrogen functional groups attached to an aromatic ring is 2. The summed E-state index contributed by atoms with van der Waals surface area (Å²) in [6.45, 7) is 0.921. The number of aliphatic carboxylic acids is 2. The number of hydrogen-bond acceptors (Lipinski definition) is 18. The molecule has 5 atom stereocenters. The molecule has 24 heteroatoms. The second-order valence-electron chi connectivity index (χ2n) is 13.8. The molecular weight excluding hydrogens is 923 g/mol. The van der Waals surface area contributed by atoms with Crippen LogP contribution in [0.25, 0.3) is 22.3 Å². The Kier molecular flexibility index (Phi) is 14.2. The molecule has 0 bridgehead atoms. The molecule has 1 saturated heterocycles. The van der Waals surface area contributed by atoms with Gasteiger partial charge in [-0.15, -0.1) is 0 Å². The van der Waals surface area contributed by atoms with E-state index in [1.165, 1.54) is 36.4 Å². The number of fused-ring (bicyclic) bond motifs is 2. The molecular formula is C38H41IN14O9. The van der Waals surface area contributed by atoms with Crippen molar-refractivity contribution in [2.24, 2.45) is 0 Å². The van der Waals surface area contributed by atoms with E-state index in [1.54, 1.807) is 18.3 Å². The van der Waals surface area contributed by atoms with Crippen LogP contribution >= 0.6 is 22.6 Å². The molecule has 2 amide bonds. The van der Waals surface area contributed by atoms with Gasteiger partial charge in [-0.05, 0) is 71.0 Å². The van der Waals surface area contributed by atoms with Crippen LogP contribution in [-0.2, 0) is 32.2 Å². The van der Waals surface area contributed by atoms with Gasteiger partial charge in [0.15, 0.2) is 46.3 Å². The van der Waals surface area contributed by atoms with Crippen molar-refractivity contribution >= 4 is 91.9 Å². The summed E-state index contributed by atoms with van der Waals surface area (Å²) in [6.07, 6.45) is -1.07. The minimum Gasteiger partial charge on any atom is -0.481 e. The molecule has 62 heavy (non-hydrogen) atoms. The van der Waals surface area contributed by atoms with E-state index in [4.69, 9.17) is 21.3 Å². The number of rotatable bonds is 14. The van der Waals surface area contributed by atoms with Crippen LogP contribution in [0.4, 0.5) is 23.3 Å². The van der Waals surface area contributed by atoms with E-state index in [2.05, 4.69) is 79.5 Å². The molecule has 0 saturated carbocycles. The molecule has 0 radical (unpaired) electrons. The van der Waals surface area contributed by atoms with Crippen LogP contribution in [0.15, 0.2) is 67.4 Å². The average molecular weight is 965 g/mol. The Morgan fingerprint density at radius 3 is 2.42 bits per heavy atom. The largest absolute Gasteiger partial charge is 0.481 e. The number of amides is 2. The number of hydrogen-bond donors (Lipinski definition) is 9. The molecule has 2 aromatic carbocycles. The van der Waals surface area contributed by atoms with Gasteiger partial charge >= 0.3 is 11.9 Å². The van der Waals surface area contributed by atoms with E-state index < -0.39 is 54.3 Å². The highest BCUT2D eigenvalue weighted by Crippen LogP contribution is 2.32. The molecule has 6 aromatic rings. The van der Waals surface area contributed by atoms with E-state index in [-0.39, 0.29) is 30.2 Å². The highest BCUT2D eigenvalue weighted by molar-refractivity contribution is 14.1. The molecule has 324 valence electrons. The SMILES string of the molecule is CN(Cc1cnc2nc(N)nc(N)c2n1)c1ccc(C(=O)NC(CCC(=O)O)C(=O)O)cc1.CNC(=O)C1OC(n2cnc3c(NCc4cccc(I)c4)ncnc32)C(O)C1O. The van der Waals surface area contributed by atoms with Crippen LogP contribution in [0, 0.1) is 3.57 Å². The number of imidazole rings is 1. The minimum atomic E-state index is -1.36. The lowest BCUT2D eigenvalue weighted by Gasteiger charge is -2.19. The standard InChI is InChI=1S/C20H22N8O5.C18H19IN6O4/c1-28(9-11-8-23-17-15(24-11)16(21)26-20(22)27-17)12-4-2-10(3-5-12)18(31)25-13(19(32)33)6-7-14(29)30;1-20-17(28)14-12(26)13(27)18(29-14)25-8-24-11-15(22-7-23-16(11)25)21-6-9-3-2-4-10(19)5-9/h2-5,8,13H,6-7,9H2,1H3,(H,25,31)(H,29,30)(H,32,33)(H4,21,22,23,26,27);2-5,7-8,12-14,18,26-27H,6H2,1H3,(H,20,28)(H,21,22,23). The molecule has 0 aliphatic carbocycles.